The first-order valence-corrected chi connectivity index (χ1v) is 10.8. The van der Waals surface area contributed by atoms with Crippen LogP contribution in [0.25, 0.3) is 16.6 Å². The number of carbonyl (C=O) groups excluding carboxylic acids is 1. The number of amides is 1. The zero-order chi connectivity index (χ0) is 22.0. The summed E-state index contributed by atoms with van der Waals surface area (Å²) in [5, 5.41) is 1.15. The van der Waals surface area contributed by atoms with E-state index < -0.39 is 0 Å². The molecule has 1 heterocycles. The van der Waals surface area contributed by atoms with Crippen LogP contribution in [0.15, 0.2) is 47.3 Å². The number of halogens is 1. The summed E-state index contributed by atoms with van der Waals surface area (Å²) in [5.74, 6) is 0.477. The van der Waals surface area contributed by atoms with Gasteiger partial charge in [0.15, 0.2) is 0 Å². The third kappa shape index (κ3) is 3.99. The van der Waals surface area contributed by atoms with Gasteiger partial charge < -0.3 is 4.90 Å². The summed E-state index contributed by atoms with van der Waals surface area (Å²) in [7, 11) is 0. The lowest BCUT2D eigenvalue weighted by atomic mass is 10.1. The van der Waals surface area contributed by atoms with Crippen LogP contribution >= 0.6 is 11.6 Å². The average molecular weight is 426 g/mol. The predicted molar refractivity (Wildman–Crippen MR) is 122 cm³/mol. The number of aryl methyl sites for hydroxylation is 1. The highest BCUT2D eigenvalue weighted by Crippen LogP contribution is 2.28. The quantitative estimate of drug-likeness (QED) is 0.538. The van der Waals surface area contributed by atoms with E-state index in [0.717, 1.165) is 11.3 Å². The van der Waals surface area contributed by atoms with Crippen LogP contribution in [0.2, 0.25) is 5.02 Å². The Bertz CT molecular complexity index is 1140. The van der Waals surface area contributed by atoms with Crippen LogP contribution in [-0.4, -0.2) is 26.9 Å². The largest absolute Gasteiger partial charge is 0.333 e. The topological polar surface area (TPSA) is 55.2 Å². The Morgan fingerprint density at radius 2 is 1.87 bits per heavy atom. The minimum Gasteiger partial charge on any atom is -0.333 e. The van der Waals surface area contributed by atoms with Crippen LogP contribution in [0.1, 0.15) is 51.5 Å². The molecule has 30 heavy (non-hydrogen) atoms. The number of para-hydroxylation sites is 1. The Hall–Kier alpha value is -2.66. The molecular formula is C24H28ClN3O2. The first-order valence-electron chi connectivity index (χ1n) is 10.4. The second-order valence-electron chi connectivity index (χ2n) is 7.76. The van der Waals surface area contributed by atoms with Crippen molar-refractivity contribution in [2.75, 3.05) is 6.54 Å². The highest BCUT2D eigenvalue weighted by atomic mass is 35.5. The smallest absolute Gasteiger partial charge is 0.266 e. The number of aromatic nitrogens is 2. The highest BCUT2D eigenvalue weighted by molar-refractivity contribution is 6.30. The third-order valence-electron chi connectivity index (χ3n) is 5.38. The third-order valence-corrected chi connectivity index (χ3v) is 5.62. The molecule has 1 amide bonds. The van der Waals surface area contributed by atoms with Crippen LogP contribution in [0, 0.1) is 12.8 Å². The standard InChI is InChI=1S/C24H28ClN3O2/c1-6-20(27(7-2)23(29)15(3)4)22-26-19-11-9-8-10-18(19)24(30)28(22)21-13-12-17(25)14-16(21)5/h8-15,20H,6-7H2,1-5H3. The van der Waals surface area contributed by atoms with Crippen LogP contribution < -0.4 is 5.56 Å². The van der Waals surface area contributed by atoms with Crippen molar-refractivity contribution in [3.63, 3.8) is 0 Å². The molecule has 2 aromatic carbocycles. The summed E-state index contributed by atoms with van der Waals surface area (Å²) < 4.78 is 1.65. The van der Waals surface area contributed by atoms with Gasteiger partial charge in [0.2, 0.25) is 5.91 Å². The first-order chi connectivity index (χ1) is 14.3. The fraction of sp³-hybridized carbons (Fsp3) is 0.375. The van der Waals surface area contributed by atoms with Gasteiger partial charge in [-0.05, 0) is 56.2 Å². The van der Waals surface area contributed by atoms with Crippen molar-refractivity contribution in [3.05, 3.63) is 69.2 Å². The molecule has 0 spiro atoms. The van der Waals surface area contributed by atoms with Gasteiger partial charge >= 0.3 is 0 Å². The molecule has 0 aliphatic carbocycles. The predicted octanol–water partition coefficient (Wildman–Crippen LogP) is 5.30. The van der Waals surface area contributed by atoms with Crippen molar-refractivity contribution in [1.82, 2.24) is 14.5 Å². The van der Waals surface area contributed by atoms with Crippen LogP contribution in [0.4, 0.5) is 0 Å². The lowest BCUT2D eigenvalue weighted by molar-refractivity contribution is -0.137. The Morgan fingerprint density at radius 1 is 1.17 bits per heavy atom. The highest BCUT2D eigenvalue weighted by Gasteiger charge is 2.29. The van der Waals surface area contributed by atoms with E-state index in [1.54, 1.807) is 16.7 Å². The zero-order valence-electron chi connectivity index (χ0n) is 18.1. The van der Waals surface area contributed by atoms with Crippen molar-refractivity contribution < 1.29 is 4.79 Å². The van der Waals surface area contributed by atoms with E-state index >= 15 is 0 Å². The van der Waals surface area contributed by atoms with Gasteiger partial charge in [-0.2, -0.15) is 0 Å². The van der Waals surface area contributed by atoms with E-state index in [4.69, 9.17) is 16.6 Å². The van der Waals surface area contributed by atoms with E-state index in [9.17, 15) is 9.59 Å². The molecule has 3 rings (SSSR count). The normalized spacial score (nSPS) is 12.4. The summed E-state index contributed by atoms with van der Waals surface area (Å²) in [4.78, 5) is 33.3. The first kappa shape index (κ1) is 22.0. The molecular weight excluding hydrogens is 398 g/mol. The minimum absolute atomic E-state index is 0.0473. The Morgan fingerprint density at radius 3 is 2.47 bits per heavy atom. The number of nitrogens with zero attached hydrogens (tertiary/aromatic N) is 3. The number of carbonyl (C=O) groups is 1. The second kappa shape index (κ2) is 9.00. The molecule has 0 bridgehead atoms. The van der Waals surface area contributed by atoms with Gasteiger partial charge in [0.05, 0.1) is 22.6 Å². The van der Waals surface area contributed by atoms with Gasteiger partial charge in [-0.3, -0.25) is 14.2 Å². The summed E-state index contributed by atoms with van der Waals surface area (Å²) in [6, 6.07) is 12.5. The summed E-state index contributed by atoms with van der Waals surface area (Å²) in [6.45, 7) is 10.2. The maximum atomic E-state index is 13.6. The number of benzene rings is 2. The monoisotopic (exact) mass is 425 g/mol. The summed E-state index contributed by atoms with van der Waals surface area (Å²) >= 11 is 6.16. The molecule has 158 valence electrons. The van der Waals surface area contributed by atoms with E-state index in [1.165, 1.54) is 0 Å². The van der Waals surface area contributed by atoms with E-state index in [2.05, 4.69) is 0 Å². The molecule has 0 saturated carbocycles. The summed E-state index contributed by atoms with van der Waals surface area (Å²) in [6.07, 6.45) is 0.643. The van der Waals surface area contributed by atoms with Gasteiger partial charge in [-0.15, -0.1) is 0 Å². The van der Waals surface area contributed by atoms with Crippen LogP contribution in [0.5, 0.6) is 0 Å². The Labute approximate surface area is 182 Å². The second-order valence-corrected chi connectivity index (χ2v) is 8.20. The molecule has 0 aliphatic heterocycles. The van der Waals surface area contributed by atoms with Gasteiger partial charge in [-0.25, -0.2) is 4.98 Å². The molecule has 1 aromatic heterocycles. The lowest BCUT2D eigenvalue weighted by Gasteiger charge is -2.33. The molecule has 0 aliphatic rings. The molecule has 6 heteroatoms. The molecule has 0 fully saturated rings. The Balaban J connectivity index is 2.37. The van der Waals surface area contributed by atoms with Crippen LogP contribution in [0.3, 0.4) is 0 Å². The average Bonchev–Trinajstić information content (AvgIpc) is 2.72. The lowest BCUT2D eigenvalue weighted by Crippen LogP contribution is -2.40. The maximum absolute atomic E-state index is 13.6. The fourth-order valence-electron chi connectivity index (χ4n) is 3.88. The number of hydrogen-bond acceptors (Lipinski definition) is 3. The van der Waals surface area contributed by atoms with Gasteiger partial charge in [-0.1, -0.05) is 44.5 Å². The number of fused-ring (bicyclic) bond motifs is 1. The minimum atomic E-state index is -0.322. The molecule has 0 N–H and O–H groups in total. The zero-order valence-corrected chi connectivity index (χ0v) is 18.9. The molecule has 5 nitrogen and oxygen atoms in total. The van der Waals surface area contributed by atoms with Gasteiger partial charge in [0.25, 0.3) is 5.56 Å². The van der Waals surface area contributed by atoms with Crippen molar-refractivity contribution in [3.8, 4) is 5.69 Å². The molecule has 0 radical (unpaired) electrons. The van der Waals surface area contributed by atoms with Gasteiger partial charge in [0, 0.05) is 17.5 Å². The van der Waals surface area contributed by atoms with E-state index in [1.807, 2.05) is 69.9 Å². The van der Waals surface area contributed by atoms with Crippen molar-refractivity contribution >= 4 is 28.4 Å². The number of hydrogen-bond donors (Lipinski definition) is 0. The Kier molecular flexibility index (Phi) is 6.61. The van der Waals surface area contributed by atoms with E-state index in [-0.39, 0.29) is 23.4 Å². The summed E-state index contributed by atoms with van der Waals surface area (Å²) in [5.41, 5.74) is 2.08. The van der Waals surface area contributed by atoms with E-state index in [0.29, 0.717) is 34.7 Å². The molecule has 1 unspecified atom stereocenters. The van der Waals surface area contributed by atoms with Crippen molar-refractivity contribution in [2.24, 2.45) is 5.92 Å². The fourth-order valence-corrected chi connectivity index (χ4v) is 4.11. The van der Waals surface area contributed by atoms with Crippen molar-refractivity contribution in [2.45, 2.75) is 47.1 Å². The van der Waals surface area contributed by atoms with Crippen molar-refractivity contribution in [1.29, 1.82) is 0 Å². The van der Waals surface area contributed by atoms with Crippen LogP contribution in [-0.2, 0) is 4.79 Å². The molecule has 1 atom stereocenters. The maximum Gasteiger partial charge on any atom is 0.266 e. The van der Waals surface area contributed by atoms with Gasteiger partial charge in [0.1, 0.15) is 5.82 Å². The molecule has 0 saturated heterocycles. The molecule has 3 aromatic rings. The SMILES string of the molecule is CCC(c1nc2ccccc2c(=O)n1-c1ccc(Cl)cc1C)N(CC)C(=O)C(C)C. The number of rotatable bonds is 6.